The van der Waals surface area contributed by atoms with Crippen LogP contribution in [0.5, 0.6) is 0 Å². The molecule has 1 aliphatic carbocycles. The summed E-state index contributed by atoms with van der Waals surface area (Å²) in [7, 11) is 2.15. The van der Waals surface area contributed by atoms with Gasteiger partial charge in [-0.15, -0.1) is 11.3 Å². The molecule has 1 aromatic heterocycles. The largest absolute Gasteiger partial charge is 0.337 e. The Morgan fingerprint density at radius 2 is 2.21 bits per heavy atom. The molecule has 3 fully saturated rings. The van der Waals surface area contributed by atoms with Crippen molar-refractivity contribution in [3.05, 3.63) is 16.1 Å². The van der Waals surface area contributed by atoms with Crippen LogP contribution in [0, 0.1) is 5.41 Å². The van der Waals surface area contributed by atoms with Gasteiger partial charge in [0.25, 0.3) is 5.91 Å². The number of aromatic nitrogens is 1. The number of hydrogen-bond acceptors (Lipinski definition) is 4. The molecule has 1 aromatic rings. The van der Waals surface area contributed by atoms with Crippen molar-refractivity contribution < 1.29 is 4.79 Å². The molecule has 1 spiro atoms. The fraction of sp³-hybridized carbons (Fsp3) is 0.714. The highest BCUT2D eigenvalue weighted by Gasteiger charge is 2.47. The molecule has 0 N–H and O–H groups in total. The molecule has 0 radical (unpaired) electrons. The Morgan fingerprint density at radius 1 is 1.42 bits per heavy atom. The fourth-order valence-corrected chi connectivity index (χ4v) is 4.50. The highest BCUT2D eigenvalue weighted by atomic mass is 32.1. The molecule has 2 saturated heterocycles. The molecule has 0 unspecified atom stereocenters. The number of carbonyl (C=O) groups excluding carboxylic acids is 1. The standard InChI is InChI=1S/C14H19N3OS/c1-16-7-14(8-16)4-5-17(9-14)13(18)11-6-19-12(15-11)10-2-3-10/h6,10H,2-5,7-9H2,1H3. The van der Waals surface area contributed by atoms with E-state index in [2.05, 4.69) is 16.9 Å². The van der Waals surface area contributed by atoms with E-state index in [4.69, 9.17) is 0 Å². The van der Waals surface area contributed by atoms with E-state index in [0.29, 0.717) is 17.0 Å². The van der Waals surface area contributed by atoms with Crippen LogP contribution in [-0.4, -0.2) is 53.9 Å². The third kappa shape index (κ3) is 1.99. The Balaban J connectivity index is 1.45. The van der Waals surface area contributed by atoms with Crippen LogP contribution in [0.4, 0.5) is 0 Å². The second kappa shape index (κ2) is 4.03. The van der Waals surface area contributed by atoms with Crippen LogP contribution in [0.2, 0.25) is 0 Å². The van der Waals surface area contributed by atoms with Gasteiger partial charge in [0, 0.05) is 42.9 Å². The highest BCUT2D eigenvalue weighted by Crippen LogP contribution is 2.42. The lowest BCUT2D eigenvalue weighted by Gasteiger charge is -2.46. The maximum Gasteiger partial charge on any atom is 0.273 e. The molecule has 0 bridgehead atoms. The Bertz CT molecular complexity index is 517. The van der Waals surface area contributed by atoms with Crippen LogP contribution in [-0.2, 0) is 0 Å². The average Bonchev–Trinajstić information content (AvgIpc) is 2.93. The molecule has 1 amide bonds. The molecule has 4 nitrogen and oxygen atoms in total. The van der Waals surface area contributed by atoms with Crippen molar-refractivity contribution in [3.8, 4) is 0 Å². The van der Waals surface area contributed by atoms with Gasteiger partial charge >= 0.3 is 0 Å². The summed E-state index contributed by atoms with van der Waals surface area (Å²) in [5, 5.41) is 3.12. The smallest absolute Gasteiger partial charge is 0.273 e. The number of thiazole rings is 1. The van der Waals surface area contributed by atoms with Gasteiger partial charge < -0.3 is 9.80 Å². The zero-order valence-corrected chi connectivity index (χ0v) is 12.1. The Kier molecular flexibility index (Phi) is 2.51. The topological polar surface area (TPSA) is 36.4 Å². The van der Waals surface area contributed by atoms with E-state index in [1.54, 1.807) is 11.3 Å². The minimum absolute atomic E-state index is 0.148. The van der Waals surface area contributed by atoms with Crippen molar-refractivity contribution in [1.29, 1.82) is 0 Å². The van der Waals surface area contributed by atoms with E-state index in [-0.39, 0.29) is 5.91 Å². The second-order valence-corrected chi connectivity index (χ2v) is 7.38. The van der Waals surface area contributed by atoms with E-state index in [1.165, 1.54) is 17.8 Å². The van der Waals surface area contributed by atoms with Crippen molar-refractivity contribution in [2.45, 2.75) is 25.2 Å². The zero-order chi connectivity index (χ0) is 13.0. The first-order valence-electron chi connectivity index (χ1n) is 7.08. The van der Waals surface area contributed by atoms with Gasteiger partial charge in [-0.1, -0.05) is 0 Å². The second-order valence-electron chi connectivity index (χ2n) is 6.49. The van der Waals surface area contributed by atoms with E-state index in [0.717, 1.165) is 32.6 Å². The van der Waals surface area contributed by atoms with Crippen molar-refractivity contribution >= 4 is 17.2 Å². The number of amides is 1. The number of likely N-dealkylation sites (tertiary alicyclic amines) is 2. The van der Waals surface area contributed by atoms with Gasteiger partial charge in [-0.25, -0.2) is 4.98 Å². The summed E-state index contributed by atoms with van der Waals surface area (Å²) in [5.41, 5.74) is 1.07. The minimum atomic E-state index is 0.148. The van der Waals surface area contributed by atoms with Crippen molar-refractivity contribution in [2.24, 2.45) is 5.41 Å². The molecule has 0 aromatic carbocycles. The lowest BCUT2D eigenvalue weighted by molar-refractivity contribution is 0.0293. The number of nitrogens with zero attached hydrogens (tertiary/aromatic N) is 3. The summed E-state index contributed by atoms with van der Waals surface area (Å²) in [5.74, 6) is 0.798. The monoisotopic (exact) mass is 277 g/mol. The van der Waals surface area contributed by atoms with Gasteiger partial charge in [0.05, 0.1) is 5.01 Å². The molecule has 3 aliphatic rings. The molecular weight excluding hydrogens is 258 g/mol. The van der Waals surface area contributed by atoms with Crippen LogP contribution in [0.3, 0.4) is 0 Å². The number of hydrogen-bond donors (Lipinski definition) is 0. The average molecular weight is 277 g/mol. The first-order valence-corrected chi connectivity index (χ1v) is 7.96. The van der Waals surface area contributed by atoms with E-state index < -0.39 is 0 Å². The van der Waals surface area contributed by atoms with Crippen molar-refractivity contribution in [2.75, 3.05) is 33.2 Å². The van der Waals surface area contributed by atoms with Crippen molar-refractivity contribution in [1.82, 2.24) is 14.8 Å². The molecule has 2 aliphatic heterocycles. The maximum atomic E-state index is 12.5. The van der Waals surface area contributed by atoms with Crippen LogP contribution in [0.1, 0.15) is 40.7 Å². The summed E-state index contributed by atoms with van der Waals surface area (Å²) in [6, 6.07) is 0. The van der Waals surface area contributed by atoms with Crippen LogP contribution >= 0.6 is 11.3 Å². The van der Waals surface area contributed by atoms with E-state index in [9.17, 15) is 4.79 Å². The van der Waals surface area contributed by atoms with Gasteiger partial charge in [-0.2, -0.15) is 0 Å². The third-order valence-electron chi connectivity index (χ3n) is 4.60. The quantitative estimate of drug-likeness (QED) is 0.827. The predicted octanol–water partition coefficient (Wildman–Crippen LogP) is 1.80. The third-order valence-corrected chi connectivity index (χ3v) is 5.61. The van der Waals surface area contributed by atoms with Gasteiger partial charge in [-0.05, 0) is 26.3 Å². The Morgan fingerprint density at radius 3 is 2.89 bits per heavy atom. The summed E-state index contributed by atoms with van der Waals surface area (Å²) in [4.78, 5) is 21.4. The molecule has 4 rings (SSSR count). The normalized spacial score (nSPS) is 25.8. The van der Waals surface area contributed by atoms with Gasteiger partial charge in [0.2, 0.25) is 0 Å². The molecule has 102 valence electrons. The first-order chi connectivity index (χ1) is 9.15. The fourth-order valence-electron chi connectivity index (χ4n) is 3.53. The van der Waals surface area contributed by atoms with E-state index in [1.807, 2.05) is 10.3 Å². The van der Waals surface area contributed by atoms with Gasteiger partial charge in [-0.3, -0.25) is 4.79 Å². The van der Waals surface area contributed by atoms with Gasteiger partial charge in [0.15, 0.2) is 0 Å². The molecule has 0 atom stereocenters. The number of rotatable bonds is 2. The minimum Gasteiger partial charge on any atom is -0.337 e. The lowest BCUT2D eigenvalue weighted by atomic mass is 9.79. The summed E-state index contributed by atoms with van der Waals surface area (Å²) in [6.45, 7) is 4.11. The summed E-state index contributed by atoms with van der Waals surface area (Å²) >= 11 is 1.66. The van der Waals surface area contributed by atoms with Crippen LogP contribution in [0.15, 0.2) is 5.38 Å². The maximum absolute atomic E-state index is 12.5. The summed E-state index contributed by atoms with van der Waals surface area (Å²) in [6.07, 6.45) is 3.66. The molecule has 1 saturated carbocycles. The molecule has 19 heavy (non-hydrogen) atoms. The van der Waals surface area contributed by atoms with Crippen LogP contribution < -0.4 is 0 Å². The Hall–Kier alpha value is -0.940. The van der Waals surface area contributed by atoms with Gasteiger partial charge in [0.1, 0.15) is 5.69 Å². The first kappa shape index (κ1) is 11.9. The van der Waals surface area contributed by atoms with E-state index >= 15 is 0 Å². The summed E-state index contributed by atoms with van der Waals surface area (Å²) < 4.78 is 0. The molecule has 5 heteroatoms. The molecular formula is C14H19N3OS. The predicted molar refractivity (Wildman–Crippen MR) is 74.5 cm³/mol. The highest BCUT2D eigenvalue weighted by molar-refractivity contribution is 7.10. The Labute approximate surface area is 117 Å². The SMILES string of the molecule is CN1CC2(CCN(C(=O)c3csc(C4CC4)n3)C2)C1. The lowest BCUT2D eigenvalue weighted by Crippen LogP contribution is -2.55. The van der Waals surface area contributed by atoms with Crippen LogP contribution in [0.25, 0.3) is 0 Å². The molecule has 3 heterocycles. The van der Waals surface area contributed by atoms with Crippen molar-refractivity contribution in [3.63, 3.8) is 0 Å². The number of carbonyl (C=O) groups is 1. The zero-order valence-electron chi connectivity index (χ0n) is 11.3.